The van der Waals surface area contributed by atoms with Gasteiger partial charge in [-0.25, -0.2) is 0 Å². The fourth-order valence-electron chi connectivity index (χ4n) is 2.27. The monoisotopic (exact) mass is 322 g/mol. The van der Waals surface area contributed by atoms with E-state index in [0.29, 0.717) is 6.42 Å². The van der Waals surface area contributed by atoms with Gasteiger partial charge in [-0.3, -0.25) is 4.57 Å². The minimum atomic E-state index is -4.16. The van der Waals surface area contributed by atoms with Crippen LogP contribution >= 0.6 is 7.60 Å². The molecule has 0 amide bonds. The van der Waals surface area contributed by atoms with Crippen LogP contribution in [0.25, 0.3) is 0 Å². The third-order valence-electron chi connectivity index (χ3n) is 3.85. The molecule has 0 spiro atoms. The number of ether oxygens (including phenoxy) is 2. The molecule has 2 radical (unpaired) electrons. The minimum Gasteiger partial charge on any atom is -0.388 e. The summed E-state index contributed by atoms with van der Waals surface area (Å²) in [6.45, 7) is 4.59. The third kappa shape index (κ3) is 4.51. The molecule has 0 bridgehead atoms. The first-order valence-corrected chi connectivity index (χ1v) is 8.54. The second-order valence-corrected chi connectivity index (χ2v) is 7.68. The summed E-state index contributed by atoms with van der Waals surface area (Å²) in [4.78, 5) is 9.68. The molecule has 1 fully saturated rings. The van der Waals surface area contributed by atoms with Crippen molar-refractivity contribution in [2.45, 2.75) is 69.4 Å². The van der Waals surface area contributed by atoms with E-state index < -0.39 is 43.4 Å². The Morgan fingerprint density at radius 2 is 2.10 bits per heavy atom. The van der Waals surface area contributed by atoms with Crippen molar-refractivity contribution < 1.29 is 33.7 Å². The SMILES string of the molecule is [B][C@@H]1O[C@H](CC(C)(CC)OP(=O)(O)[C@@H](C)O)[C@@H](O)[C@H]1OC. The van der Waals surface area contributed by atoms with E-state index >= 15 is 0 Å². The Morgan fingerprint density at radius 1 is 1.52 bits per heavy atom. The lowest BCUT2D eigenvalue weighted by Crippen LogP contribution is -2.39. The molecule has 1 aliphatic heterocycles. The standard InChI is InChI=1S/C12H24BO7P/c1-5-12(3,20-21(16,17)7(2)14)6-8-9(15)10(18-4)11(13)19-8/h7-11,14-15H,5-6H2,1-4H3,(H,16,17)/t7-,8+,9+,10+,11+,12?/m0/s1. The van der Waals surface area contributed by atoms with Crippen molar-refractivity contribution in [3.05, 3.63) is 0 Å². The summed E-state index contributed by atoms with van der Waals surface area (Å²) >= 11 is 0. The molecule has 0 saturated carbocycles. The molecule has 9 heteroatoms. The highest BCUT2D eigenvalue weighted by Gasteiger charge is 2.46. The summed E-state index contributed by atoms with van der Waals surface area (Å²) in [5.41, 5.74) is -1.05. The van der Waals surface area contributed by atoms with Gasteiger partial charge in [-0.15, -0.1) is 0 Å². The predicted octanol–water partition coefficient (Wildman–Crippen LogP) is 0.355. The zero-order chi connectivity index (χ0) is 16.4. The molecule has 1 saturated heterocycles. The Bertz CT molecular complexity index is 394. The first-order valence-electron chi connectivity index (χ1n) is 6.89. The van der Waals surface area contributed by atoms with E-state index in [2.05, 4.69) is 0 Å². The third-order valence-corrected chi connectivity index (χ3v) is 5.50. The van der Waals surface area contributed by atoms with Crippen molar-refractivity contribution in [1.82, 2.24) is 0 Å². The van der Waals surface area contributed by atoms with Gasteiger partial charge in [0, 0.05) is 19.5 Å². The maximum Gasteiger partial charge on any atom is 0.356 e. The van der Waals surface area contributed by atoms with Crippen LogP contribution in [0, 0.1) is 0 Å². The number of hydrogen-bond donors (Lipinski definition) is 3. The Hall–Kier alpha value is 0.0549. The maximum absolute atomic E-state index is 11.9. The lowest BCUT2D eigenvalue weighted by atomic mass is 9.89. The second kappa shape index (κ2) is 7.09. The quantitative estimate of drug-likeness (QED) is 0.459. The summed E-state index contributed by atoms with van der Waals surface area (Å²) in [6, 6.07) is -0.770. The van der Waals surface area contributed by atoms with Crippen LogP contribution < -0.4 is 0 Å². The van der Waals surface area contributed by atoms with E-state index in [4.69, 9.17) is 21.8 Å². The van der Waals surface area contributed by atoms with E-state index in [9.17, 15) is 19.7 Å². The summed E-state index contributed by atoms with van der Waals surface area (Å²) in [5.74, 6) is -1.49. The molecule has 1 aliphatic rings. The van der Waals surface area contributed by atoms with Crippen molar-refractivity contribution in [2.24, 2.45) is 0 Å². The topological polar surface area (TPSA) is 105 Å². The van der Waals surface area contributed by atoms with Gasteiger partial charge in [0.15, 0.2) is 5.85 Å². The van der Waals surface area contributed by atoms with Crippen LogP contribution in [0.5, 0.6) is 0 Å². The highest BCUT2D eigenvalue weighted by atomic mass is 31.2. The van der Waals surface area contributed by atoms with Crippen LogP contribution in [0.4, 0.5) is 0 Å². The van der Waals surface area contributed by atoms with Gasteiger partial charge in [-0.05, 0) is 20.3 Å². The smallest absolute Gasteiger partial charge is 0.356 e. The molecule has 1 rings (SSSR count). The molecule has 21 heavy (non-hydrogen) atoms. The van der Waals surface area contributed by atoms with Crippen molar-refractivity contribution in [3.63, 3.8) is 0 Å². The first kappa shape index (κ1) is 19.1. The molecule has 3 N–H and O–H groups in total. The molecular formula is C12H24BO7P. The van der Waals surface area contributed by atoms with Gasteiger partial charge in [0.1, 0.15) is 20.1 Å². The summed E-state index contributed by atoms with van der Waals surface area (Å²) in [5, 5.41) is 19.4. The Kier molecular flexibility index (Phi) is 6.45. The highest BCUT2D eigenvalue weighted by Crippen LogP contribution is 2.51. The highest BCUT2D eigenvalue weighted by molar-refractivity contribution is 7.53. The number of aliphatic hydroxyl groups excluding tert-OH is 2. The minimum absolute atomic E-state index is 0.148. The van der Waals surface area contributed by atoms with Crippen molar-refractivity contribution in [1.29, 1.82) is 0 Å². The average Bonchev–Trinajstić information content (AvgIpc) is 2.63. The van der Waals surface area contributed by atoms with Gasteiger partial charge in [-0.2, -0.15) is 0 Å². The van der Waals surface area contributed by atoms with Crippen molar-refractivity contribution >= 4 is 15.4 Å². The summed E-state index contributed by atoms with van der Waals surface area (Å²) < 4.78 is 27.6. The molecule has 0 aromatic heterocycles. The molecule has 0 aromatic carbocycles. The number of aliphatic hydroxyl groups is 2. The molecule has 0 aromatic rings. The van der Waals surface area contributed by atoms with E-state index in [1.807, 2.05) is 0 Å². The summed E-state index contributed by atoms with van der Waals surface area (Å²) in [7, 11) is 2.97. The fourth-order valence-corrected chi connectivity index (χ4v) is 3.26. The molecule has 1 heterocycles. The number of rotatable bonds is 7. The average molecular weight is 322 g/mol. The maximum atomic E-state index is 11.9. The number of hydrogen-bond acceptors (Lipinski definition) is 6. The van der Waals surface area contributed by atoms with Gasteiger partial charge in [0.2, 0.25) is 0 Å². The Balaban J connectivity index is 2.80. The van der Waals surface area contributed by atoms with Crippen molar-refractivity contribution in [2.75, 3.05) is 7.11 Å². The van der Waals surface area contributed by atoms with E-state index in [1.165, 1.54) is 14.0 Å². The molecule has 2 unspecified atom stereocenters. The van der Waals surface area contributed by atoms with E-state index in [-0.39, 0.29) is 6.42 Å². The molecule has 122 valence electrons. The number of methoxy groups -OCH3 is 1. The van der Waals surface area contributed by atoms with Crippen LogP contribution in [0.3, 0.4) is 0 Å². The first-order chi connectivity index (χ1) is 9.56. The van der Waals surface area contributed by atoms with E-state index in [0.717, 1.165) is 0 Å². The molecule has 0 aliphatic carbocycles. The normalized spacial score (nSPS) is 36.9. The summed E-state index contributed by atoms with van der Waals surface area (Å²) in [6.07, 6.45) is -1.75. The predicted molar refractivity (Wildman–Crippen MR) is 77.1 cm³/mol. The van der Waals surface area contributed by atoms with Gasteiger partial charge in [0.05, 0.1) is 11.7 Å². The van der Waals surface area contributed by atoms with Gasteiger partial charge < -0.3 is 29.1 Å². The lowest BCUT2D eigenvalue weighted by molar-refractivity contribution is -0.0412. The Labute approximate surface area is 126 Å². The van der Waals surface area contributed by atoms with Crippen LogP contribution in [0.15, 0.2) is 0 Å². The largest absolute Gasteiger partial charge is 0.388 e. The molecule has 7 atom stereocenters. The van der Waals surface area contributed by atoms with E-state index in [1.54, 1.807) is 13.8 Å². The van der Waals surface area contributed by atoms with Gasteiger partial charge in [0.25, 0.3) is 0 Å². The zero-order valence-corrected chi connectivity index (χ0v) is 13.7. The zero-order valence-electron chi connectivity index (χ0n) is 12.8. The van der Waals surface area contributed by atoms with Gasteiger partial charge in [-0.1, -0.05) is 6.92 Å². The molecular weight excluding hydrogens is 298 g/mol. The van der Waals surface area contributed by atoms with Crippen LogP contribution in [-0.4, -0.2) is 65.8 Å². The van der Waals surface area contributed by atoms with Gasteiger partial charge >= 0.3 is 7.60 Å². The lowest BCUT2D eigenvalue weighted by Gasteiger charge is -2.34. The van der Waals surface area contributed by atoms with Crippen molar-refractivity contribution in [3.8, 4) is 0 Å². The molecule has 7 nitrogen and oxygen atoms in total. The second-order valence-electron chi connectivity index (χ2n) is 5.62. The van der Waals surface area contributed by atoms with Crippen LogP contribution in [-0.2, 0) is 18.6 Å². The Morgan fingerprint density at radius 3 is 2.48 bits per heavy atom. The van der Waals surface area contributed by atoms with Crippen LogP contribution in [0.1, 0.15) is 33.6 Å². The van der Waals surface area contributed by atoms with Crippen LogP contribution in [0.2, 0.25) is 0 Å². The fraction of sp³-hybridized carbons (Fsp3) is 1.00.